The molecule has 0 spiro atoms. The van der Waals surface area contributed by atoms with Crippen molar-refractivity contribution in [3.05, 3.63) is 58.7 Å². The minimum absolute atomic E-state index is 0.0126. The highest BCUT2D eigenvalue weighted by atomic mass is 16.3. The molecule has 0 aromatic heterocycles. The first-order valence-electron chi connectivity index (χ1n) is 7.98. The molecule has 23 heavy (non-hydrogen) atoms. The van der Waals surface area contributed by atoms with Crippen molar-refractivity contribution in [1.82, 2.24) is 0 Å². The Morgan fingerprint density at radius 3 is 1.65 bits per heavy atom. The Morgan fingerprint density at radius 2 is 1.26 bits per heavy atom. The van der Waals surface area contributed by atoms with Gasteiger partial charge in [0, 0.05) is 11.1 Å². The second-order valence-corrected chi connectivity index (χ2v) is 8.18. The Hall–Kier alpha value is -2.09. The van der Waals surface area contributed by atoms with Crippen molar-refractivity contribution in [3.8, 4) is 5.75 Å². The van der Waals surface area contributed by atoms with Crippen LogP contribution in [0.3, 0.4) is 0 Å². The molecule has 0 fully saturated rings. The molecule has 0 atom stereocenters. The molecule has 0 saturated carbocycles. The number of hydrogen-bond acceptors (Lipinski definition) is 2. The quantitative estimate of drug-likeness (QED) is 0.786. The highest BCUT2D eigenvalue weighted by molar-refractivity contribution is 6.01. The Labute approximate surface area is 139 Å². The number of aromatic hydroxyl groups is 1. The van der Waals surface area contributed by atoms with Crippen LogP contribution < -0.4 is 0 Å². The summed E-state index contributed by atoms with van der Waals surface area (Å²) < 4.78 is 0. The van der Waals surface area contributed by atoms with E-state index in [1.807, 2.05) is 30.4 Å². The normalized spacial score (nSPS) is 15.2. The Morgan fingerprint density at radius 1 is 0.826 bits per heavy atom. The maximum atomic E-state index is 11.2. The van der Waals surface area contributed by atoms with Crippen LogP contribution in [-0.2, 0) is 15.6 Å². The van der Waals surface area contributed by atoms with Crippen LogP contribution in [0.1, 0.15) is 58.2 Å². The molecule has 1 N–H and O–H groups in total. The third-order valence-corrected chi connectivity index (χ3v) is 3.96. The van der Waals surface area contributed by atoms with Crippen molar-refractivity contribution in [2.45, 2.75) is 52.4 Å². The molecule has 0 unspecified atom stereocenters. The smallest absolute Gasteiger partial charge is 0.178 e. The molecule has 1 aliphatic carbocycles. The lowest BCUT2D eigenvalue weighted by Crippen LogP contribution is -2.17. The zero-order valence-corrected chi connectivity index (χ0v) is 14.9. The van der Waals surface area contributed by atoms with Crippen molar-refractivity contribution in [1.29, 1.82) is 0 Å². The molecule has 0 bridgehead atoms. The SMILES string of the molecule is CC(C)(C)c1cc(C=C2C=CC(=O)C=C2)cc(C(C)(C)C)c1O. The van der Waals surface area contributed by atoms with Crippen molar-refractivity contribution in [2.75, 3.05) is 0 Å². The van der Waals surface area contributed by atoms with Gasteiger partial charge in [-0.1, -0.05) is 53.7 Å². The van der Waals surface area contributed by atoms with Crippen LogP contribution in [0, 0.1) is 0 Å². The molecule has 2 nitrogen and oxygen atoms in total. The number of carbonyl (C=O) groups is 1. The fraction of sp³-hybridized carbons (Fsp3) is 0.381. The lowest BCUT2D eigenvalue weighted by atomic mass is 9.78. The van der Waals surface area contributed by atoms with E-state index in [0.717, 1.165) is 22.3 Å². The van der Waals surface area contributed by atoms with Gasteiger partial charge in [-0.2, -0.15) is 0 Å². The summed E-state index contributed by atoms with van der Waals surface area (Å²) in [6.07, 6.45) is 8.83. The number of phenols is 1. The summed E-state index contributed by atoms with van der Waals surface area (Å²) >= 11 is 0. The fourth-order valence-corrected chi connectivity index (χ4v) is 2.64. The summed E-state index contributed by atoms with van der Waals surface area (Å²) in [7, 11) is 0. The van der Waals surface area contributed by atoms with E-state index in [2.05, 4.69) is 41.5 Å². The Balaban J connectivity index is 2.62. The summed E-state index contributed by atoms with van der Waals surface area (Å²) in [5.41, 5.74) is 3.61. The molecule has 0 radical (unpaired) electrons. The van der Waals surface area contributed by atoms with Gasteiger partial charge >= 0.3 is 0 Å². The number of allylic oxidation sites excluding steroid dienone is 5. The average molecular weight is 310 g/mol. The molecule has 0 amide bonds. The molecule has 0 heterocycles. The highest BCUT2D eigenvalue weighted by Gasteiger charge is 2.26. The maximum Gasteiger partial charge on any atom is 0.178 e. The summed E-state index contributed by atoms with van der Waals surface area (Å²) in [4.78, 5) is 11.2. The van der Waals surface area contributed by atoms with Gasteiger partial charge in [0.2, 0.25) is 0 Å². The molecule has 2 heteroatoms. The van der Waals surface area contributed by atoms with Crippen LogP contribution in [0.4, 0.5) is 0 Å². The number of ketones is 1. The van der Waals surface area contributed by atoms with E-state index in [-0.39, 0.29) is 16.6 Å². The van der Waals surface area contributed by atoms with Gasteiger partial charge in [-0.3, -0.25) is 4.79 Å². The molecule has 1 aliphatic rings. The van der Waals surface area contributed by atoms with Crippen LogP contribution in [0.2, 0.25) is 0 Å². The number of benzene rings is 1. The van der Waals surface area contributed by atoms with Crippen molar-refractivity contribution in [2.24, 2.45) is 0 Å². The molecule has 0 aliphatic heterocycles. The van der Waals surface area contributed by atoms with E-state index in [1.165, 1.54) is 0 Å². The molecular formula is C21H26O2. The summed E-state index contributed by atoms with van der Waals surface area (Å²) in [5, 5.41) is 10.7. The van der Waals surface area contributed by atoms with Crippen LogP contribution in [0.5, 0.6) is 5.75 Å². The minimum atomic E-state index is -0.146. The third kappa shape index (κ3) is 4.01. The van der Waals surface area contributed by atoms with Crippen LogP contribution in [0.15, 0.2) is 42.0 Å². The van der Waals surface area contributed by atoms with Crippen LogP contribution >= 0.6 is 0 Å². The first-order chi connectivity index (χ1) is 10.5. The van der Waals surface area contributed by atoms with E-state index < -0.39 is 0 Å². The van der Waals surface area contributed by atoms with E-state index in [0.29, 0.717) is 5.75 Å². The van der Waals surface area contributed by atoms with Crippen molar-refractivity contribution < 1.29 is 9.90 Å². The predicted molar refractivity (Wildman–Crippen MR) is 96.8 cm³/mol. The van der Waals surface area contributed by atoms with Gasteiger partial charge in [0.25, 0.3) is 0 Å². The van der Waals surface area contributed by atoms with Crippen molar-refractivity contribution >= 4 is 11.9 Å². The molecule has 0 saturated heterocycles. The van der Waals surface area contributed by atoms with E-state index in [4.69, 9.17) is 0 Å². The minimum Gasteiger partial charge on any atom is -0.507 e. The molecule has 1 aromatic rings. The third-order valence-electron chi connectivity index (χ3n) is 3.96. The largest absolute Gasteiger partial charge is 0.507 e. The van der Waals surface area contributed by atoms with Gasteiger partial charge in [0.05, 0.1) is 0 Å². The van der Waals surface area contributed by atoms with Gasteiger partial charge in [0.15, 0.2) is 5.78 Å². The summed E-state index contributed by atoms with van der Waals surface area (Å²) in [6.45, 7) is 12.6. The molecule has 1 aromatic carbocycles. The van der Waals surface area contributed by atoms with Gasteiger partial charge < -0.3 is 5.11 Å². The predicted octanol–water partition coefficient (Wildman–Crippen LogP) is 5.07. The monoisotopic (exact) mass is 310 g/mol. The Bertz CT molecular complexity index is 664. The first kappa shape index (κ1) is 17.3. The van der Waals surface area contributed by atoms with E-state index in [9.17, 15) is 9.90 Å². The van der Waals surface area contributed by atoms with Gasteiger partial charge in [-0.05, 0) is 52.3 Å². The standard InChI is InChI=1S/C21H26O2/c1-20(2,3)17-12-15(11-14-7-9-16(22)10-8-14)13-18(19(17)23)21(4,5)6/h7-13,23H,1-6H3. The average Bonchev–Trinajstić information content (AvgIpc) is 2.40. The summed E-state index contributed by atoms with van der Waals surface area (Å²) in [6, 6.07) is 4.07. The molecular weight excluding hydrogens is 284 g/mol. The van der Waals surface area contributed by atoms with Crippen LogP contribution in [0.25, 0.3) is 6.08 Å². The zero-order valence-electron chi connectivity index (χ0n) is 14.9. The maximum absolute atomic E-state index is 11.2. The van der Waals surface area contributed by atoms with E-state index in [1.54, 1.807) is 12.2 Å². The zero-order chi connectivity index (χ0) is 17.4. The van der Waals surface area contributed by atoms with Gasteiger partial charge in [-0.15, -0.1) is 0 Å². The number of rotatable bonds is 1. The molecule has 122 valence electrons. The van der Waals surface area contributed by atoms with Crippen LogP contribution in [-0.4, -0.2) is 10.9 Å². The number of phenolic OH excluding ortho intramolecular Hbond substituents is 1. The fourth-order valence-electron chi connectivity index (χ4n) is 2.64. The summed E-state index contributed by atoms with van der Waals surface area (Å²) in [5.74, 6) is 0.399. The Kier molecular flexibility index (Phi) is 4.39. The second kappa shape index (κ2) is 5.84. The second-order valence-electron chi connectivity index (χ2n) is 8.18. The van der Waals surface area contributed by atoms with Gasteiger partial charge in [-0.25, -0.2) is 0 Å². The molecule has 2 rings (SSSR count). The number of carbonyl (C=O) groups excluding carboxylic acids is 1. The van der Waals surface area contributed by atoms with Crippen molar-refractivity contribution in [3.63, 3.8) is 0 Å². The first-order valence-corrected chi connectivity index (χ1v) is 7.98. The lowest BCUT2D eigenvalue weighted by Gasteiger charge is -2.28. The topological polar surface area (TPSA) is 37.3 Å². The van der Waals surface area contributed by atoms with E-state index >= 15 is 0 Å². The highest BCUT2D eigenvalue weighted by Crippen LogP contribution is 2.40. The van der Waals surface area contributed by atoms with Gasteiger partial charge in [0.1, 0.15) is 5.75 Å². The number of hydrogen-bond donors (Lipinski definition) is 1. The lowest BCUT2D eigenvalue weighted by molar-refractivity contribution is -0.110.